The van der Waals surface area contributed by atoms with Crippen molar-refractivity contribution in [3.63, 3.8) is 0 Å². The smallest absolute Gasteiger partial charge is 0.123 e. The molecule has 2 unspecified atom stereocenters. The molecule has 0 bridgehead atoms. The van der Waals surface area contributed by atoms with Crippen LogP contribution in [0.2, 0.25) is 0 Å². The predicted molar refractivity (Wildman–Crippen MR) is 64.1 cm³/mol. The minimum absolute atomic E-state index is 0.00100. The van der Waals surface area contributed by atoms with Crippen LogP contribution in [-0.2, 0) is 6.42 Å². The van der Waals surface area contributed by atoms with Crippen LogP contribution in [0.3, 0.4) is 0 Å². The van der Waals surface area contributed by atoms with E-state index in [2.05, 4.69) is 6.92 Å². The van der Waals surface area contributed by atoms with Gasteiger partial charge in [-0.15, -0.1) is 0 Å². The molecule has 1 aromatic rings. The molecule has 0 aliphatic rings. The van der Waals surface area contributed by atoms with Crippen molar-refractivity contribution in [1.29, 1.82) is 0 Å². The second-order valence-electron chi connectivity index (χ2n) is 4.27. The minimum atomic E-state index is -0.243. The Kier molecular flexibility index (Phi) is 4.74. The van der Waals surface area contributed by atoms with Gasteiger partial charge < -0.3 is 10.5 Å². The summed E-state index contributed by atoms with van der Waals surface area (Å²) in [6.07, 6.45) is 1.69. The van der Waals surface area contributed by atoms with Gasteiger partial charge in [0.15, 0.2) is 0 Å². The van der Waals surface area contributed by atoms with Gasteiger partial charge in [0, 0.05) is 6.04 Å². The van der Waals surface area contributed by atoms with Crippen molar-refractivity contribution in [2.45, 2.75) is 45.8 Å². The molecule has 0 amide bonds. The molecular formula is C13H20FNO. The van der Waals surface area contributed by atoms with Gasteiger partial charge in [-0.25, -0.2) is 4.39 Å². The molecule has 0 heterocycles. The summed E-state index contributed by atoms with van der Waals surface area (Å²) in [5, 5.41) is 0. The summed E-state index contributed by atoms with van der Waals surface area (Å²) < 4.78 is 18.8. The Labute approximate surface area is 96.6 Å². The van der Waals surface area contributed by atoms with Crippen molar-refractivity contribution in [1.82, 2.24) is 0 Å². The Bertz CT molecular complexity index is 339. The quantitative estimate of drug-likeness (QED) is 0.836. The molecule has 0 aliphatic heterocycles. The number of hydrogen-bond acceptors (Lipinski definition) is 2. The molecule has 0 fully saturated rings. The van der Waals surface area contributed by atoms with Gasteiger partial charge in [-0.3, -0.25) is 0 Å². The average molecular weight is 225 g/mol. The molecule has 2 nitrogen and oxygen atoms in total. The molecule has 0 saturated heterocycles. The number of rotatable bonds is 5. The molecule has 0 spiro atoms. The number of hydrogen-bond donors (Lipinski definition) is 1. The van der Waals surface area contributed by atoms with Crippen molar-refractivity contribution in [3.05, 3.63) is 29.6 Å². The average Bonchev–Trinajstić information content (AvgIpc) is 2.21. The maximum absolute atomic E-state index is 13.1. The van der Waals surface area contributed by atoms with E-state index in [1.54, 1.807) is 6.07 Å². The van der Waals surface area contributed by atoms with Crippen LogP contribution < -0.4 is 10.5 Å². The first kappa shape index (κ1) is 13.0. The Morgan fingerprint density at radius 3 is 2.62 bits per heavy atom. The SMILES string of the molecule is CCC(C)Oc1ccc(F)cc1CC(C)N. The van der Waals surface area contributed by atoms with Crippen LogP contribution in [0.4, 0.5) is 4.39 Å². The molecule has 0 radical (unpaired) electrons. The highest BCUT2D eigenvalue weighted by Gasteiger charge is 2.10. The fourth-order valence-corrected chi connectivity index (χ4v) is 1.47. The lowest BCUT2D eigenvalue weighted by Gasteiger charge is -2.17. The van der Waals surface area contributed by atoms with Gasteiger partial charge in [-0.2, -0.15) is 0 Å². The molecule has 0 saturated carbocycles. The van der Waals surface area contributed by atoms with Crippen molar-refractivity contribution >= 4 is 0 Å². The van der Waals surface area contributed by atoms with E-state index in [1.807, 2.05) is 13.8 Å². The highest BCUT2D eigenvalue weighted by atomic mass is 19.1. The highest BCUT2D eigenvalue weighted by molar-refractivity contribution is 5.34. The number of halogens is 1. The summed E-state index contributed by atoms with van der Waals surface area (Å²) in [5.41, 5.74) is 6.57. The topological polar surface area (TPSA) is 35.2 Å². The van der Waals surface area contributed by atoms with Crippen LogP contribution in [0.1, 0.15) is 32.8 Å². The van der Waals surface area contributed by atoms with Crippen LogP contribution in [-0.4, -0.2) is 12.1 Å². The minimum Gasteiger partial charge on any atom is -0.490 e. The summed E-state index contributed by atoms with van der Waals surface area (Å²) >= 11 is 0. The molecule has 0 aromatic heterocycles. The lowest BCUT2D eigenvalue weighted by Crippen LogP contribution is -2.19. The molecule has 1 rings (SSSR count). The molecular weight excluding hydrogens is 205 g/mol. The zero-order valence-electron chi connectivity index (χ0n) is 10.2. The third kappa shape index (κ3) is 3.81. The highest BCUT2D eigenvalue weighted by Crippen LogP contribution is 2.22. The fourth-order valence-electron chi connectivity index (χ4n) is 1.47. The van der Waals surface area contributed by atoms with E-state index in [-0.39, 0.29) is 18.0 Å². The first-order valence-electron chi connectivity index (χ1n) is 5.73. The largest absolute Gasteiger partial charge is 0.490 e. The van der Waals surface area contributed by atoms with Gasteiger partial charge in [0.1, 0.15) is 11.6 Å². The van der Waals surface area contributed by atoms with E-state index in [0.29, 0.717) is 6.42 Å². The van der Waals surface area contributed by atoms with E-state index in [0.717, 1.165) is 17.7 Å². The second kappa shape index (κ2) is 5.85. The molecule has 2 atom stereocenters. The van der Waals surface area contributed by atoms with Crippen molar-refractivity contribution in [2.24, 2.45) is 5.73 Å². The second-order valence-corrected chi connectivity index (χ2v) is 4.27. The van der Waals surface area contributed by atoms with Crippen LogP contribution >= 0.6 is 0 Å². The first-order valence-corrected chi connectivity index (χ1v) is 5.73. The zero-order valence-corrected chi connectivity index (χ0v) is 10.2. The first-order chi connectivity index (χ1) is 7.52. The summed E-state index contributed by atoms with van der Waals surface area (Å²) in [7, 11) is 0. The summed E-state index contributed by atoms with van der Waals surface area (Å²) in [6.45, 7) is 5.95. The third-order valence-corrected chi connectivity index (χ3v) is 2.47. The van der Waals surface area contributed by atoms with Crippen LogP contribution in [0.5, 0.6) is 5.75 Å². The Morgan fingerprint density at radius 2 is 2.06 bits per heavy atom. The Morgan fingerprint density at radius 1 is 1.38 bits per heavy atom. The molecule has 1 aromatic carbocycles. The van der Waals surface area contributed by atoms with Gasteiger partial charge in [0.2, 0.25) is 0 Å². The van der Waals surface area contributed by atoms with Gasteiger partial charge in [0.25, 0.3) is 0 Å². The van der Waals surface area contributed by atoms with E-state index in [9.17, 15) is 4.39 Å². The number of benzene rings is 1. The van der Waals surface area contributed by atoms with Gasteiger partial charge in [-0.05, 0) is 50.5 Å². The van der Waals surface area contributed by atoms with Gasteiger partial charge >= 0.3 is 0 Å². The normalized spacial score (nSPS) is 14.6. The van der Waals surface area contributed by atoms with Crippen LogP contribution in [0.25, 0.3) is 0 Å². The van der Waals surface area contributed by atoms with Gasteiger partial charge in [-0.1, -0.05) is 6.92 Å². The molecule has 16 heavy (non-hydrogen) atoms. The maximum atomic E-state index is 13.1. The van der Waals surface area contributed by atoms with Crippen LogP contribution in [0, 0.1) is 5.82 Å². The Hall–Kier alpha value is -1.09. The maximum Gasteiger partial charge on any atom is 0.123 e. The van der Waals surface area contributed by atoms with Crippen molar-refractivity contribution < 1.29 is 9.13 Å². The van der Waals surface area contributed by atoms with E-state index >= 15 is 0 Å². The summed E-state index contributed by atoms with van der Waals surface area (Å²) in [4.78, 5) is 0. The Balaban J connectivity index is 2.88. The van der Waals surface area contributed by atoms with E-state index in [4.69, 9.17) is 10.5 Å². The van der Waals surface area contributed by atoms with Crippen molar-refractivity contribution in [2.75, 3.05) is 0 Å². The summed E-state index contributed by atoms with van der Waals surface area (Å²) in [6, 6.07) is 4.60. The third-order valence-electron chi connectivity index (χ3n) is 2.47. The van der Waals surface area contributed by atoms with Gasteiger partial charge in [0.05, 0.1) is 6.10 Å². The molecule has 2 N–H and O–H groups in total. The lowest BCUT2D eigenvalue weighted by molar-refractivity contribution is 0.214. The predicted octanol–water partition coefficient (Wildman–Crippen LogP) is 2.89. The number of ether oxygens (including phenoxy) is 1. The number of nitrogens with two attached hydrogens (primary N) is 1. The van der Waals surface area contributed by atoms with Crippen LogP contribution in [0.15, 0.2) is 18.2 Å². The summed E-state index contributed by atoms with van der Waals surface area (Å²) in [5.74, 6) is 0.500. The van der Waals surface area contributed by atoms with Crippen molar-refractivity contribution in [3.8, 4) is 5.75 Å². The zero-order chi connectivity index (χ0) is 12.1. The van der Waals surface area contributed by atoms with E-state index in [1.165, 1.54) is 12.1 Å². The lowest BCUT2D eigenvalue weighted by atomic mass is 10.1. The van der Waals surface area contributed by atoms with E-state index < -0.39 is 0 Å². The fraction of sp³-hybridized carbons (Fsp3) is 0.538. The monoisotopic (exact) mass is 225 g/mol. The molecule has 0 aliphatic carbocycles. The molecule has 3 heteroatoms. The standard InChI is InChI=1S/C13H20FNO/c1-4-10(3)16-13-6-5-12(14)8-11(13)7-9(2)15/h5-6,8-10H,4,7,15H2,1-3H3. The molecule has 90 valence electrons.